The molecule has 112 valence electrons. The van der Waals surface area contributed by atoms with Gasteiger partial charge in [-0.25, -0.2) is 9.59 Å². The summed E-state index contributed by atoms with van der Waals surface area (Å²) in [6, 6.07) is 6.48. The van der Waals surface area contributed by atoms with Gasteiger partial charge in [-0.3, -0.25) is 4.57 Å². The maximum atomic E-state index is 11.8. The Bertz CT molecular complexity index is 659. The zero-order chi connectivity index (χ0) is 15.2. The molecular weight excluding hydrogens is 315 g/mol. The Balaban J connectivity index is 2.05. The number of nitrogens with zero attached hydrogens (tertiary/aromatic N) is 2. The highest BCUT2D eigenvalue weighted by Gasteiger charge is 2.12. The van der Waals surface area contributed by atoms with Crippen LogP contribution in [0.2, 0.25) is 5.02 Å². The second kappa shape index (κ2) is 7.28. The van der Waals surface area contributed by atoms with Crippen molar-refractivity contribution in [1.29, 1.82) is 0 Å². The van der Waals surface area contributed by atoms with Crippen molar-refractivity contribution in [1.82, 2.24) is 20.2 Å². The van der Waals surface area contributed by atoms with E-state index in [9.17, 15) is 9.59 Å². The Morgan fingerprint density at radius 1 is 1.19 bits per heavy atom. The van der Waals surface area contributed by atoms with Crippen LogP contribution in [-0.2, 0) is 6.54 Å². The molecule has 21 heavy (non-hydrogen) atoms. The van der Waals surface area contributed by atoms with Gasteiger partial charge in [0.05, 0.1) is 11.4 Å². The molecule has 0 aromatic heterocycles. The first-order valence-corrected chi connectivity index (χ1v) is 7.27. The summed E-state index contributed by atoms with van der Waals surface area (Å²) in [5.41, 5.74) is 0.892. The first kappa shape index (κ1) is 15.6. The number of amides is 2. The highest BCUT2D eigenvalue weighted by atomic mass is 35.5. The number of alkyl halides is 1. The number of rotatable bonds is 5. The minimum atomic E-state index is -0.352. The Hall–Kier alpha value is -1.79. The van der Waals surface area contributed by atoms with E-state index in [1.54, 1.807) is 24.3 Å². The van der Waals surface area contributed by atoms with Crippen LogP contribution in [0.15, 0.2) is 29.1 Å². The van der Waals surface area contributed by atoms with Crippen molar-refractivity contribution in [2.45, 2.75) is 6.54 Å². The van der Waals surface area contributed by atoms with E-state index in [0.717, 1.165) is 0 Å². The third-order valence-electron chi connectivity index (χ3n) is 2.80. The molecule has 0 saturated carbocycles. The van der Waals surface area contributed by atoms with Crippen LogP contribution in [0.1, 0.15) is 0 Å². The van der Waals surface area contributed by atoms with Crippen LogP contribution >= 0.6 is 23.2 Å². The van der Waals surface area contributed by atoms with Crippen LogP contribution in [0.4, 0.5) is 4.79 Å². The molecule has 1 heterocycles. The van der Waals surface area contributed by atoms with E-state index in [2.05, 4.69) is 15.6 Å². The molecule has 1 aliphatic carbocycles. The quantitative estimate of drug-likeness (QED) is 0.817. The largest absolute Gasteiger partial charge is 0.348 e. The molecule has 0 radical (unpaired) electrons. The molecule has 0 fully saturated rings. The molecule has 2 aliphatic rings. The third-order valence-corrected chi connectivity index (χ3v) is 3.24. The van der Waals surface area contributed by atoms with Gasteiger partial charge in [0.25, 0.3) is 0 Å². The molecule has 2 N–H and O–H groups in total. The van der Waals surface area contributed by atoms with Crippen molar-refractivity contribution in [2.24, 2.45) is 0 Å². The molecule has 8 heteroatoms. The minimum absolute atomic E-state index is 0.307. The molecule has 0 unspecified atom stereocenters. The fraction of sp³-hybridized carbons (Fsp3) is 0.308. The van der Waals surface area contributed by atoms with Crippen molar-refractivity contribution in [3.05, 3.63) is 39.8 Å². The number of nitrogens with one attached hydrogen (secondary N) is 2. The summed E-state index contributed by atoms with van der Waals surface area (Å²) in [4.78, 5) is 27.2. The lowest BCUT2D eigenvalue weighted by Crippen LogP contribution is -2.38. The first-order chi connectivity index (χ1) is 10.1. The van der Waals surface area contributed by atoms with Gasteiger partial charge in [0.2, 0.25) is 0 Å². The number of fused-ring (bicyclic) bond motifs is 1. The van der Waals surface area contributed by atoms with Crippen LogP contribution in [0, 0.1) is 0 Å². The highest BCUT2D eigenvalue weighted by molar-refractivity contribution is 6.30. The van der Waals surface area contributed by atoms with Crippen molar-refractivity contribution in [2.75, 3.05) is 19.0 Å². The summed E-state index contributed by atoms with van der Waals surface area (Å²) in [6.07, 6.45) is 0. The van der Waals surface area contributed by atoms with Crippen molar-refractivity contribution in [3.63, 3.8) is 0 Å². The van der Waals surface area contributed by atoms with Crippen molar-refractivity contribution < 1.29 is 4.79 Å². The van der Waals surface area contributed by atoms with Crippen LogP contribution in [0.25, 0.3) is 11.4 Å². The smallest absolute Gasteiger partial charge is 0.337 e. The lowest BCUT2D eigenvalue weighted by Gasteiger charge is -2.07. The van der Waals surface area contributed by atoms with E-state index >= 15 is 0 Å². The van der Waals surface area contributed by atoms with Gasteiger partial charge in [-0.15, -0.1) is 11.6 Å². The summed E-state index contributed by atoms with van der Waals surface area (Å²) in [6.45, 7) is 1.02. The molecule has 0 atom stereocenters. The summed E-state index contributed by atoms with van der Waals surface area (Å²) >= 11 is 11.4. The Morgan fingerprint density at radius 3 is 2.67 bits per heavy atom. The fourth-order valence-electron chi connectivity index (χ4n) is 1.85. The summed E-state index contributed by atoms with van der Waals surface area (Å²) < 4.78 is 1.49. The Labute approximate surface area is 131 Å². The number of aromatic nitrogens is 2. The second-order valence-electron chi connectivity index (χ2n) is 4.24. The number of carbonyl (C=O) groups is 1. The summed E-state index contributed by atoms with van der Waals surface area (Å²) in [5, 5.41) is 5.78. The van der Waals surface area contributed by atoms with E-state index in [4.69, 9.17) is 23.2 Å². The first-order valence-electron chi connectivity index (χ1n) is 6.35. The molecule has 6 nitrogen and oxygen atoms in total. The van der Waals surface area contributed by atoms with E-state index in [-0.39, 0.29) is 11.7 Å². The fourth-order valence-corrected chi connectivity index (χ4v) is 2.07. The number of urea groups is 1. The zero-order valence-corrected chi connectivity index (χ0v) is 12.6. The molecular formula is C13H14Cl2N4O2. The van der Waals surface area contributed by atoms with Crippen molar-refractivity contribution in [3.8, 4) is 11.4 Å². The van der Waals surface area contributed by atoms with Gasteiger partial charge in [0.1, 0.15) is 0 Å². The topological polar surface area (TPSA) is 76.0 Å². The molecule has 0 spiro atoms. The number of carbonyl (C=O) groups excluding carboxylic acids is 1. The van der Waals surface area contributed by atoms with Gasteiger partial charge in [-0.2, -0.15) is 4.98 Å². The highest BCUT2D eigenvalue weighted by Crippen LogP contribution is 2.18. The molecule has 1 aliphatic heterocycles. The van der Waals surface area contributed by atoms with Gasteiger partial charge in [-0.05, 0) is 24.3 Å². The third kappa shape index (κ3) is 4.09. The molecule has 2 rings (SSSR count). The van der Waals surface area contributed by atoms with E-state index < -0.39 is 0 Å². The summed E-state index contributed by atoms with van der Waals surface area (Å²) in [5.74, 6) is 0.349. The average molecular weight is 329 g/mol. The molecule has 2 amide bonds. The minimum Gasteiger partial charge on any atom is -0.337 e. The Morgan fingerprint density at radius 2 is 1.90 bits per heavy atom. The van der Waals surface area contributed by atoms with Crippen LogP contribution < -0.4 is 16.3 Å². The van der Waals surface area contributed by atoms with Crippen LogP contribution in [0.3, 0.4) is 0 Å². The monoisotopic (exact) mass is 328 g/mol. The lowest BCUT2D eigenvalue weighted by molar-refractivity contribution is 0.241. The average Bonchev–Trinajstić information content (AvgIpc) is 2.64. The van der Waals surface area contributed by atoms with Crippen LogP contribution in [0.5, 0.6) is 0 Å². The van der Waals surface area contributed by atoms with Gasteiger partial charge >= 0.3 is 11.7 Å². The molecule has 0 aromatic carbocycles. The Kier molecular flexibility index (Phi) is 5.41. The van der Waals surface area contributed by atoms with E-state index in [1.807, 2.05) is 0 Å². The number of imidazole rings is 1. The standard InChI is InChI=1S/C13H14Cl2N4O2/c14-5-6-16-12(20)17-7-8-19-11-4-2-9(15)1-3-10(11)18-13(19)21/h1-4H,5-8H2,(H2,16,17,20). The van der Waals surface area contributed by atoms with Gasteiger partial charge in [0.15, 0.2) is 0 Å². The van der Waals surface area contributed by atoms with Crippen molar-refractivity contribution >= 4 is 29.2 Å². The SMILES string of the molecule is O=C(NCCCl)NCCn1c2ccc(Cl)ccc-2nc1=O. The van der Waals surface area contributed by atoms with E-state index in [1.165, 1.54) is 4.57 Å². The van der Waals surface area contributed by atoms with Crippen LogP contribution in [-0.4, -0.2) is 34.6 Å². The normalized spacial score (nSPS) is 10.6. The number of hydrogen-bond donors (Lipinski definition) is 2. The van der Waals surface area contributed by atoms with E-state index in [0.29, 0.717) is 41.9 Å². The lowest BCUT2D eigenvalue weighted by atomic mass is 10.3. The molecule has 0 saturated heterocycles. The molecule has 0 aromatic rings. The van der Waals surface area contributed by atoms with Gasteiger partial charge in [0, 0.05) is 30.5 Å². The maximum absolute atomic E-state index is 11.8. The summed E-state index contributed by atoms with van der Waals surface area (Å²) in [7, 11) is 0. The second-order valence-corrected chi connectivity index (χ2v) is 5.05. The predicted molar refractivity (Wildman–Crippen MR) is 82.3 cm³/mol. The number of hydrogen-bond acceptors (Lipinski definition) is 3. The zero-order valence-electron chi connectivity index (χ0n) is 11.1. The molecule has 0 bridgehead atoms. The van der Waals surface area contributed by atoms with Gasteiger partial charge in [-0.1, -0.05) is 11.6 Å². The predicted octanol–water partition coefficient (Wildman–Crippen LogP) is 1.54. The van der Waals surface area contributed by atoms with Gasteiger partial charge < -0.3 is 10.6 Å². The maximum Gasteiger partial charge on any atom is 0.348 e. The number of halogens is 2.